The first kappa shape index (κ1) is 15.6. The van der Waals surface area contributed by atoms with Gasteiger partial charge < -0.3 is 4.74 Å². The van der Waals surface area contributed by atoms with Crippen LogP contribution in [0.4, 0.5) is 0 Å². The third-order valence-corrected chi connectivity index (χ3v) is 4.40. The van der Waals surface area contributed by atoms with Crippen molar-refractivity contribution >= 4 is 9.73 Å². The molecule has 4 heteroatoms. The van der Waals surface area contributed by atoms with Gasteiger partial charge in [0.15, 0.2) is 0 Å². The summed E-state index contributed by atoms with van der Waals surface area (Å²) in [4.78, 5) is 0.512. The highest BCUT2D eigenvalue weighted by atomic mass is 32.2. The van der Waals surface area contributed by atoms with Gasteiger partial charge in [-0.3, -0.25) is 0 Å². The predicted molar refractivity (Wildman–Crippen MR) is 86.7 cm³/mol. The van der Waals surface area contributed by atoms with E-state index in [1.807, 2.05) is 12.1 Å². The van der Waals surface area contributed by atoms with Crippen LogP contribution < -0.4 is 4.74 Å². The Balaban J connectivity index is 2.15. The van der Waals surface area contributed by atoms with E-state index in [-0.39, 0.29) is 5.41 Å². The van der Waals surface area contributed by atoms with E-state index in [4.69, 9.17) is 9.52 Å². The number of hydrogen-bond donors (Lipinski definition) is 1. The van der Waals surface area contributed by atoms with Crippen molar-refractivity contribution in [3.05, 3.63) is 54.1 Å². The van der Waals surface area contributed by atoms with Crippen LogP contribution in [0, 0.1) is 4.78 Å². The van der Waals surface area contributed by atoms with Crippen LogP contribution >= 0.6 is 0 Å². The Morgan fingerprint density at radius 1 is 0.905 bits per heavy atom. The molecular formula is C17H21NO2S. The second kappa shape index (κ2) is 5.53. The maximum Gasteiger partial charge on any atom is 0.127 e. The van der Waals surface area contributed by atoms with Crippen LogP contribution in [0.15, 0.2) is 53.4 Å². The smallest absolute Gasteiger partial charge is 0.127 e. The normalized spacial score (nSPS) is 14.5. The summed E-state index contributed by atoms with van der Waals surface area (Å²) in [6, 6.07) is 14.8. The molecule has 0 aliphatic rings. The lowest BCUT2D eigenvalue weighted by Crippen LogP contribution is -2.10. The lowest BCUT2D eigenvalue weighted by Gasteiger charge is -2.19. The van der Waals surface area contributed by atoms with Crippen molar-refractivity contribution in [2.24, 2.45) is 0 Å². The van der Waals surface area contributed by atoms with Gasteiger partial charge in [0.1, 0.15) is 11.5 Å². The molecule has 0 amide bonds. The van der Waals surface area contributed by atoms with Crippen molar-refractivity contribution in [3.8, 4) is 11.5 Å². The van der Waals surface area contributed by atoms with E-state index in [1.165, 1.54) is 11.8 Å². The molecule has 21 heavy (non-hydrogen) atoms. The van der Waals surface area contributed by atoms with Gasteiger partial charge in [-0.25, -0.2) is 8.99 Å². The fourth-order valence-corrected chi connectivity index (χ4v) is 2.58. The largest absolute Gasteiger partial charge is 0.457 e. The Labute approximate surface area is 126 Å². The van der Waals surface area contributed by atoms with E-state index < -0.39 is 9.73 Å². The topological polar surface area (TPSA) is 50.1 Å². The summed E-state index contributed by atoms with van der Waals surface area (Å²) < 4.78 is 24.9. The summed E-state index contributed by atoms with van der Waals surface area (Å²) >= 11 is 0. The van der Waals surface area contributed by atoms with Gasteiger partial charge in [0, 0.05) is 11.2 Å². The Morgan fingerprint density at radius 3 is 1.71 bits per heavy atom. The molecule has 1 atom stereocenters. The molecule has 0 saturated carbocycles. The van der Waals surface area contributed by atoms with Gasteiger partial charge in [-0.2, -0.15) is 0 Å². The van der Waals surface area contributed by atoms with E-state index in [0.29, 0.717) is 10.6 Å². The minimum atomic E-state index is -2.67. The molecule has 1 unspecified atom stereocenters. The number of benzene rings is 2. The zero-order valence-corrected chi connectivity index (χ0v) is 13.7. The summed E-state index contributed by atoms with van der Waals surface area (Å²) in [5, 5.41) is 0. The molecule has 0 aromatic heterocycles. The molecule has 2 rings (SSSR count). The average Bonchev–Trinajstić information content (AvgIpc) is 2.38. The molecule has 0 aliphatic heterocycles. The van der Waals surface area contributed by atoms with Crippen molar-refractivity contribution < 1.29 is 8.95 Å². The third kappa shape index (κ3) is 4.08. The first-order valence-corrected chi connectivity index (χ1v) is 8.75. The quantitative estimate of drug-likeness (QED) is 0.884. The van der Waals surface area contributed by atoms with Crippen LogP contribution in [-0.4, -0.2) is 10.5 Å². The standard InChI is InChI=1S/C17H21NO2S/c1-17(2,3)13-5-7-14(8-6-13)20-15-9-11-16(12-10-15)21(4,18)19/h5-12,18H,1-4H3. The van der Waals surface area contributed by atoms with Crippen molar-refractivity contribution in [3.63, 3.8) is 0 Å². The van der Waals surface area contributed by atoms with Crippen molar-refractivity contribution in [2.75, 3.05) is 6.26 Å². The minimum Gasteiger partial charge on any atom is -0.457 e. The molecule has 112 valence electrons. The highest BCUT2D eigenvalue weighted by molar-refractivity contribution is 7.91. The SMILES string of the molecule is CC(C)(C)c1ccc(Oc2ccc(S(C)(=N)=O)cc2)cc1. The van der Waals surface area contributed by atoms with E-state index >= 15 is 0 Å². The van der Waals surface area contributed by atoms with Crippen LogP contribution in [0.2, 0.25) is 0 Å². The van der Waals surface area contributed by atoms with Gasteiger partial charge in [0.05, 0.1) is 9.73 Å². The molecule has 1 N–H and O–H groups in total. The summed E-state index contributed by atoms with van der Waals surface area (Å²) in [5.41, 5.74) is 1.38. The van der Waals surface area contributed by atoms with Gasteiger partial charge in [0.2, 0.25) is 0 Å². The second-order valence-corrected chi connectivity index (χ2v) is 8.35. The first-order valence-electron chi connectivity index (χ1n) is 6.78. The van der Waals surface area contributed by atoms with Crippen LogP contribution in [0.5, 0.6) is 11.5 Å². The van der Waals surface area contributed by atoms with E-state index in [2.05, 4.69) is 32.9 Å². The molecule has 2 aromatic rings. The fourth-order valence-electron chi connectivity index (χ4n) is 1.93. The van der Waals surface area contributed by atoms with Crippen molar-refractivity contribution in [1.29, 1.82) is 4.78 Å². The molecule has 0 spiro atoms. The molecular weight excluding hydrogens is 282 g/mol. The molecule has 2 aromatic carbocycles. The van der Waals surface area contributed by atoms with Crippen LogP contribution in [0.25, 0.3) is 0 Å². The highest BCUT2D eigenvalue weighted by Gasteiger charge is 2.13. The van der Waals surface area contributed by atoms with E-state index in [9.17, 15) is 4.21 Å². The van der Waals surface area contributed by atoms with Crippen molar-refractivity contribution in [1.82, 2.24) is 0 Å². The molecule has 3 nitrogen and oxygen atoms in total. The average molecular weight is 303 g/mol. The number of nitrogens with one attached hydrogen (secondary N) is 1. The fraction of sp³-hybridized carbons (Fsp3) is 0.294. The maximum absolute atomic E-state index is 11.6. The van der Waals surface area contributed by atoms with Gasteiger partial charge in [-0.15, -0.1) is 0 Å². The first-order chi connectivity index (χ1) is 9.66. The van der Waals surface area contributed by atoms with Crippen LogP contribution in [0.3, 0.4) is 0 Å². The van der Waals surface area contributed by atoms with Gasteiger partial charge in [0.25, 0.3) is 0 Å². The zero-order valence-electron chi connectivity index (χ0n) is 12.8. The van der Waals surface area contributed by atoms with E-state index in [0.717, 1.165) is 5.75 Å². The van der Waals surface area contributed by atoms with E-state index in [1.54, 1.807) is 24.3 Å². The maximum atomic E-state index is 11.6. The van der Waals surface area contributed by atoms with Crippen LogP contribution in [-0.2, 0) is 15.1 Å². The lowest BCUT2D eigenvalue weighted by molar-refractivity contribution is 0.481. The minimum absolute atomic E-state index is 0.121. The molecule has 0 saturated heterocycles. The summed E-state index contributed by atoms with van der Waals surface area (Å²) in [5.74, 6) is 1.43. The Kier molecular flexibility index (Phi) is 4.10. The van der Waals surface area contributed by atoms with Gasteiger partial charge in [-0.1, -0.05) is 32.9 Å². The van der Waals surface area contributed by atoms with Gasteiger partial charge >= 0.3 is 0 Å². The zero-order chi connectivity index (χ0) is 15.7. The Hall–Kier alpha value is -1.81. The number of hydrogen-bond acceptors (Lipinski definition) is 3. The molecule has 0 heterocycles. The Bertz CT molecular complexity index is 709. The highest BCUT2D eigenvalue weighted by Crippen LogP contribution is 2.27. The Morgan fingerprint density at radius 2 is 1.33 bits per heavy atom. The van der Waals surface area contributed by atoms with Gasteiger partial charge in [-0.05, 0) is 47.4 Å². The van der Waals surface area contributed by atoms with Crippen molar-refractivity contribution in [2.45, 2.75) is 31.1 Å². The summed E-state index contributed by atoms with van der Waals surface area (Å²) in [7, 11) is -2.67. The second-order valence-electron chi connectivity index (χ2n) is 6.19. The molecule has 0 fully saturated rings. The summed E-state index contributed by atoms with van der Waals surface area (Å²) in [6.45, 7) is 6.51. The third-order valence-electron chi connectivity index (χ3n) is 3.23. The molecule has 0 bridgehead atoms. The molecule has 0 aliphatic carbocycles. The molecule has 0 radical (unpaired) electrons. The monoisotopic (exact) mass is 303 g/mol. The van der Waals surface area contributed by atoms with Crippen LogP contribution in [0.1, 0.15) is 26.3 Å². The summed E-state index contributed by atoms with van der Waals surface area (Å²) in [6.07, 6.45) is 1.41. The predicted octanol–water partition coefficient (Wildman–Crippen LogP) is 4.81. The number of rotatable bonds is 3. The number of ether oxygens (including phenoxy) is 1. The lowest BCUT2D eigenvalue weighted by atomic mass is 9.87.